The highest BCUT2D eigenvalue weighted by atomic mass is 35.5. The van der Waals surface area contributed by atoms with E-state index < -0.39 is 17.7 Å². The van der Waals surface area contributed by atoms with Crippen molar-refractivity contribution in [3.8, 4) is 23.0 Å². The minimum atomic E-state index is -1.00. The van der Waals surface area contributed by atoms with E-state index >= 15 is 0 Å². The third-order valence-corrected chi connectivity index (χ3v) is 6.54. The third-order valence-electron chi connectivity index (χ3n) is 6.23. The summed E-state index contributed by atoms with van der Waals surface area (Å²) in [5.41, 5.74) is 2.04. The summed E-state index contributed by atoms with van der Waals surface area (Å²) in [7, 11) is 4.43. The molecule has 0 aliphatic carbocycles. The molecule has 38 heavy (non-hydrogen) atoms. The molecule has 0 radical (unpaired) electrons. The molecule has 1 aliphatic rings. The molecule has 1 aliphatic heterocycles. The molecule has 1 saturated heterocycles. The lowest BCUT2D eigenvalue weighted by atomic mass is 9.94. The Hall–Kier alpha value is -4.17. The van der Waals surface area contributed by atoms with Crippen molar-refractivity contribution in [1.82, 2.24) is 0 Å². The lowest BCUT2D eigenvalue weighted by Crippen LogP contribution is -2.29. The van der Waals surface area contributed by atoms with Crippen LogP contribution in [0.2, 0.25) is 5.02 Å². The number of carbonyl (C=O) groups excluding carboxylic acids is 2. The van der Waals surface area contributed by atoms with Crippen molar-refractivity contribution < 1.29 is 33.6 Å². The smallest absolute Gasteiger partial charge is 0.300 e. The molecule has 1 atom stereocenters. The number of aliphatic hydroxyl groups is 1. The number of amides is 1. The molecule has 0 spiro atoms. The summed E-state index contributed by atoms with van der Waals surface area (Å²) in [6.07, 6.45) is 0. The normalized spacial score (nSPS) is 16.5. The van der Waals surface area contributed by atoms with Gasteiger partial charge in [-0.3, -0.25) is 14.5 Å². The molecular weight excluding hydrogens is 510 g/mol. The molecule has 3 aromatic carbocycles. The van der Waals surface area contributed by atoms with Gasteiger partial charge in [-0.2, -0.15) is 0 Å². The first kappa shape index (κ1) is 26.9. The zero-order valence-electron chi connectivity index (χ0n) is 21.7. The number of nitrogens with zero attached hydrogens (tertiary/aromatic N) is 1. The van der Waals surface area contributed by atoms with Crippen LogP contribution in [0.3, 0.4) is 0 Å². The highest BCUT2D eigenvalue weighted by Crippen LogP contribution is 2.47. The van der Waals surface area contributed by atoms with E-state index in [2.05, 4.69) is 0 Å². The van der Waals surface area contributed by atoms with Crippen molar-refractivity contribution in [1.29, 1.82) is 0 Å². The number of Topliss-reactive ketones (excluding diaryl/α,β-unsaturated/α-hetero) is 1. The van der Waals surface area contributed by atoms with E-state index in [0.717, 1.165) is 5.56 Å². The first-order valence-corrected chi connectivity index (χ1v) is 12.2. The van der Waals surface area contributed by atoms with Gasteiger partial charge in [0.15, 0.2) is 11.5 Å². The monoisotopic (exact) mass is 537 g/mol. The van der Waals surface area contributed by atoms with Gasteiger partial charge in [-0.25, -0.2) is 0 Å². The average Bonchev–Trinajstić information content (AvgIpc) is 3.18. The van der Waals surface area contributed by atoms with Gasteiger partial charge < -0.3 is 24.1 Å². The SMILES string of the molecule is CCOc1cc(/C(O)=C2\C(=O)C(=O)N(c3cccc(C)c3)C2c2cc(OC)c(OC)c(OC)c2)ccc1Cl. The number of benzene rings is 3. The van der Waals surface area contributed by atoms with E-state index in [1.54, 1.807) is 49.4 Å². The topological polar surface area (TPSA) is 94.5 Å². The van der Waals surface area contributed by atoms with Crippen LogP contribution in [-0.2, 0) is 9.59 Å². The number of hydrogen-bond acceptors (Lipinski definition) is 7. The average molecular weight is 538 g/mol. The second kappa shape index (κ2) is 11.1. The summed E-state index contributed by atoms with van der Waals surface area (Å²) in [6.45, 7) is 4.05. The predicted molar refractivity (Wildman–Crippen MR) is 145 cm³/mol. The van der Waals surface area contributed by atoms with Gasteiger partial charge in [-0.1, -0.05) is 23.7 Å². The Morgan fingerprint density at radius 1 is 0.947 bits per heavy atom. The number of methoxy groups -OCH3 is 3. The van der Waals surface area contributed by atoms with Gasteiger partial charge in [0.25, 0.3) is 11.7 Å². The van der Waals surface area contributed by atoms with Crippen LogP contribution in [0.15, 0.2) is 60.2 Å². The number of ketones is 1. The molecule has 0 bridgehead atoms. The van der Waals surface area contributed by atoms with Crippen LogP contribution in [0.1, 0.15) is 29.7 Å². The van der Waals surface area contributed by atoms with Gasteiger partial charge in [-0.05, 0) is 67.4 Å². The zero-order chi connectivity index (χ0) is 27.6. The summed E-state index contributed by atoms with van der Waals surface area (Å²) in [6, 6.07) is 14.2. The number of hydrogen-bond donors (Lipinski definition) is 1. The number of halogens is 1. The van der Waals surface area contributed by atoms with E-state index in [9.17, 15) is 14.7 Å². The Labute approximate surface area is 225 Å². The Kier molecular flexibility index (Phi) is 7.83. The number of aryl methyl sites for hydroxylation is 1. The van der Waals surface area contributed by atoms with Crippen LogP contribution >= 0.6 is 11.6 Å². The molecule has 1 unspecified atom stereocenters. The Morgan fingerprint density at radius 3 is 2.21 bits per heavy atom. The molecule has 1 N–H and O–H groups in total. The lowest BCUT2D eigenvalue weighted by Gasteiger charge is -2.27. The first-order chi connectivity index (χ1) is 18.2. The highest BCUT2D eigenvalue weighted by Gasteiger charge is 2.47. The van der Waals surface area contributed by atoms with Crippen molar-refractivity contribution in [2.24, 2.45) is 0 Å². The second-order valence-electron chi connectivity index (χ2n) is 8.54. The summed E-state index contributed by atoms with van der Waals surface area (Å²) >= 11 is 6.24. The van der Waals surface area contributed by atoms with E-state index in [1.807, 2.05) is 13.0 Å². The lowest BCUT2D eigenvalue weighted by molar-refractivity contribution is -0.132. The molecule has 1 fully saturated rings. The molecule has 8 nitrogen and oxygen atoms in total. The molecule has 3 aromatic rings. The number of carbonyl (C=O) groups is 2. The van der Waals surface area contributed by atoms with Crippen LogP contribution < -0.4 is 23.8 Å². The van der Waals surface area contributed by atoms with Gasteiger partial charge >= 0.3 is 0 Å². The maximum absolute atomic E-state index is 13.5. The number of anilines is 1. The van der Waals surface area contributed by atoms with Crippen LogP contribution in [0.25, 0.3) is 5.76 Å². The summed E-state index contributed by atoms with van der Waals surface area (Å²) in [5, 5.41) is 11.8. The largest absolute Gasteiger partial charge is 0.507 e. The predicted octanol–water partition coefficient (Wildman–Crippen LogP) is 5.70. The molecule has 0 saturated carbocycles. The van der Waals surface area contributed by atoms with Gasteiger partial charge in [0, 0.05) is 11.3 Å². The number of ether oxygens (including phenoxy) is 4. The van der Waals surface area contributed by atoms with Gasteiger partial charge in [0.1, 0.15) is 11.5 Å². The first-order valence-electron chi connectivity index (χ1n) is 11.9. The van der Waals surface area contributed by atoms with E-state index in [4.69, 9.17) is 30.5 Å². The Bertz CT molecular complexity index is 1410. The summed E-state index contributed by atoms with van der Waals surface area (Å²) in [4.78, 5) is 28.4. The molecule has 4 rings (SSSR count). The fraction of sp³-hybridized carbons (Fsp3) is 0.241. The van der Waals surface area contributed by atoms with Crippen molar-refractivity contribution in [2.75, 3.05) is 32.8 Å². The Balaban J connectivity index is 2.01. The van der Waals surface area contributed by atoms with Gasteiger partial charge in [0.2, 0.25) is 5.75 Å². The van der Waals surface area contributed by atoms with E-state index in [1.165, 1.54) is 32.3 Å². The standard InChI is InChI=1S/C29H28ClNO7/c1-6-38-21-13-17(10-11-20(21)30)26(32)24-25(18-14-22(35-3)28(37-5)23(15-18)36-4)31(29(34)27(24)33)19-9-7-8-16(2)12-19/h7-15,25,32H,6H2,1-5H3/b26-24+. The number of aliphatic hydroxyl groups excluding tert-OH is 1. The minimum absolute atomic E-state index is 0.101. The number of rotatable bonds is 8. The second-order valence-corrected chi connectivity index (χ2v) is 8.95. The fourth-order valence-electron chi connectivity index (χ4n) is 4.52. The van der Waals surface area contributed by atoms with Crippen LogP contribution in [0, 0.1) is 6.92 Å². The highest BCUT2D eigenvalue weighted by molar-refractivity contribution is 6.51. The van der Waals surface area contributed by atoms with E-state index in [0.29, 0.717) is 45.9 Å². The zero-order valence-corrected chi connectivity index (χ0v) is 22.5. The Morgan fingerprint density at radius 2 is 1.63 bits per heavy atom. The molecule has 0 aromatic heterocycles. The molecule has 1 heterocycles. The minimum Gasteiger partial charge on any atom is -0.507 e. The quantitative estimate of drug-likeness (QED) is 0.224. The van der Waals surface area contributed by atoms with E-state index in [-0.39, 0.29) is 16.9 Å². The van der Waals surface area contributed by atoms with Crippen molar-refractivity contribution in [3.63, 3.8) is 0 Å². The summed E-state index contributed by atoms with van der Waals surface area (Å²) < 4.78 is 22.1. The van der Waals surface area contributed by atoms with Crippen molar-refractivity contribution >= 4 is 34.7 Å². The van der Waals surface area contributed by atoms with Gasteiger partial charge in [0.05, 0.1) is 44.6 Å². The van der Waals surface area contributed by atoms with Crippen molar-refractivity contribution in [2.45, 2.75) is 19.9 Å². The molecular formula is C29H28ClNO7. The fourth-order valence-corrected chi connectivity index (χ4v) is 4.70. The molecule has 1 amide bonds. The van der Waals surface area contributed by atoms with Crippen LogP contribution in [-0.4, -0.2) is 44.7 Å². The molecule has 9 heteroatoms. The maximum atomic E-state index is 13.5. The maximum Gasteiger partial charge on any atom is 0.300 e. The summed E-state index contributed by atoms with van der Waals surface area (Å²) in [5.74, 6) is -0.621. The third kappa shape index (κ3) is 4.75. The van der Waals surface area contributed by atoms with Crippen LogP contribution in [0.4, 0.5) is 5.69 Å². The van der Waals surface area contributed by atoms with Gasteiger partial charge in [-0.15, -0.1) is 0 Å². The van der Waals surface area contributed by atoms with Crippen molar-refractivity contribution in [3.05, 3.63) is 81.9 Å². The van der Waals surface area contributed by atoms with Crippen LogP contribution in [0.5, 0.6) is 23.0 Å². The molecule has 198 valence electrons.